The van der Waals surface area contributed by atoms with Gasteiger partial charge in [0.1, 0.15) is 0 Å². The van der Waals surface area contributed by atoms with Crippen LogP contribution in [0.5, 0.6) is 0 Å². The highest BCUT2D eigenvalue weighted by molar-refractivity contribution is 6.19. The fourth-order valence-electron chi connectivity index (χ4n) is 0.296. The van der Waals surface area contributed by atoms with Gasteiger partial charge in [-0.2, -0.15) is 0 Å². The lowest BCUT2D eigenvalue weighted by atomic mass is 10.4. The van der Waals surface area contributed by atoms with Crippen LogP contribution in [0.15, 0.2) is 0 Å². The van der Waals surface area contributed by atoms with E-state index in [0.29, 0.717) is 0 Å². The Morgan fingerprint density at radius 1 is 1.89 bits per heavy atom. The van der Waals surface area contributed by atoms with Crippen molar-refractivity contribution in [1.82, 2.24) is 0 Å². The van der Waals surface area contributed by atoms with E-state index in [2.05, 4.69) is 4.74 Å². The molecule has 1 unspecified atom stereocenters. The summed E-state index contributed by atoms with van der Waals surface area (Å²) in [5, 5.41) is 0. The molecule has 0 amide bonds. The van der Waals surface area contributed by atoms with Crippen molar-refractivity contribution in [3.8, 4) is 0 Å². The quantitative estimate of drug-likeness (QED) is 0.450. The lowest BCUT2D eigenvalue weighted by molar-refractivity contribution is -0.148. The van der Waals surface area contributed by atoms with E-state index in [1.165, 1.54) is 0 Å². The third-order valence-electron chi connectivity index (χ3n) is 0.678. The number of rotatable bonds is 3. The zero-order chi connectivity index (χ0) is 7.28. The van der Waals surface area contributed by atoms with Crippen LogP contribution in [0.25, 0.3) is 0 Å². The maximum atomic E-state index is 12.1. The summed E-state index contributed by atoms with van der Waals surface area (Å²) in [6, 6.07) is 0. The van der Waals surface area contributed by atoms with Crippen LogP contribution in [0.4, 0.5) is 4.39 Å². The first-order chi connectivity index (χ1) is 4.22. The molecule has 0 saturated heterocycles. The fraction of sp³-hybridized carbons (Fsp3) is 0.800. The first kappa shape index (κ1) is 8.69. The second-order valence-electron chi connectivity index (χ2n) is 1.37. The number of alkyl halides is 2. The smallest absolute Gasteiger partial charge is 0.341 e. The molecule has 9 heavy (non-hydrogen) atoms. The lowest BCUT2D eigenvalue weighted by Gasteiger charge is -2.01. The third-order valence-corrected chi connectivity index (χ3v) is 0.949. The monoisotopic (exact) mass is 154 g/mol. The van der Waals surface area contributed by atoms with E-state index < -0.39 is 12.1 Å². The first-order valence-corrected chi connectivity index (χ1v) is 3.12. The maximum Gasteiger partial charge on any atom is 0.341 e. The zero-order valence-corrected chi connectivity index (χ0v) is 5.82. The molecule has 0 bridgehead atoms. The largest absolute Gasteiger partial charge is 0.464 e. The molecule has 0 aliphatic heterocycles. The van der Waals surface area contributed by atoms with Gasteiger partial charge in [0.2, 0.25) is 6.17 Å². The molecule has 0 N–H and O–H groups in total. The predicted molar refractivity (Wildman–Crippen MR) is 32.2 cm³/mol. The second-order valence-corrected chi connectivity index (χ2v) is 1.68. The number of hydrogen-bond acceptors (Lipinski definition) is 2. The van der Waals surface area contributed by atoms with Crippen LogP contribution < -0.4 is 0 Å². The van der Waals surface area contributed by atoms with Crippen LogP contribution in [0.1, 0.15) is 6.92 Å². The first-order valence-electron chi connectivity index (χ1n) is 2.59. The van der Waals surface area contributed by atoms with Crippen molar-refractivity contribution in [2.24, 2.45) is 0 Å². The van der Waals surface area contributed by atoms with Gasteiger partial charge in [0, 0.05) is 0 Å². The Morgan fingerprint density at radius 3 is 2.78 bits per heavy atom. The Morgan fingerprint density at radius 2 is 2.44 bits per heavy atom. The van der Waals surface area contributed by atoms with Crippen LogP contribution in [0, 0.1) is 0 Å². The van der Waals surface area contributed by atoms with Gasteiger partial charge in [-0.1, -0.05) is 0 Å². The fourth-order valence-corrected chi connectivity index (χ4v) is 0.422. The van der Waals surface area contributed by atoms with Gasteiger partial charge in [-0.05, 0) is 6.92 Å². The second kappa shape index (κ2) is 4.56. The Hall–Kier alpha value is -0.310. The van der Waals surface area contributed by atoms with Crippen LogP contribution >= 0.6 is 11.6 Å². The highest BCUT2D eigenvalue weighted by Gasteiger charge is 2.15. The van der Waals surface area contributed by atoms with Crippen LogP contribution in [0.3, 0.4) is 0 Å². The van der Waals surface area contributed by atoms with Gasteiger partial charge in [0.15, 0.2) is 0 Å². The highest BCUT2D eigenvalue weighted by Crippen LogP contribution is 1.96. The molecule has 4 heteroatoms. The van der Waals surface area contributed by atoms with Crippen molar-refractivity contribution in [3.05, 3.63) is 0 Å². The molecule has 2 nitrogen and oxygen atoms in total. The van der Waals surface area contributed by atoms with Crippen molar-refractivity contribution in [1.29, 1.82) is 0 Å². The van der Waals surface area contributed by atoms with E-state index in [0.717, 1.165) is 0 Å². The van der Waals surface area contributed by atoms with Crippen LogP contribution in [0.2, 0.25) is 0 Å². The zero-order valence-electron chi connectivity index (χ0n) is 5.06. The lowest BCUT2D eigenvalue weighted by Crippen LogP contribution is -2.19. The Labute approximate surface area is 57.9 Å². The van der Waals surface area contributed by atoms with E-state index in [9.17, 15) is 9.18 Å². The molecule has 0 aliphatic carbocycles. The molecule has 0 aromatic heterocycles. The number of ether oxygens (including phenoxy) is 1. The highest BCUT2D eigenvalue weighted by atomic mass is 35.5. The molecule has 0 aromatic carbocycles. The molecular formula is C5H8ClFO2. The van der Waals surface area contributed by atoms with Crippen molar-refractivity contribution >= 4 is 17.6 Å². The summed E-state index contributed by atoms with van der Waals surface area (Å²) in [5.74, 6) is -1.22. The van der Waals surface area contributed by atoms with E-state index in [1.54, 1.807) is 6.92 Å². The summed E-state index contributed by atoms with van der Waals surface area (Å²) in [5.41, 5.74) is 0. The average Bonchev–Trinajstić information content (AvgIpc) is 1.87. The minimum atomic E-state index is -1.67. The summed E-state index contributed by atoms with van der Waals surface area (Å²) >= 11 is 5.01. The molecule has 0 saturated carbocycles. The summed E-state index contributed by atoms with van der Waals surface area (Å²) in [4.78, 5) is 10.3. The summed E-state index contributed by atoms with van der Waals surface area (Å²) in [7, 11) is 0. The van der Waals surface area contributed by atoms with Gasteiger partial charge in [0.05, 0.1) is 12.5 Å². The molecular weight excluding hydrogens is 147 g/mol. The van der Waals surface area contributed by atoms with Gasteiger partial charge in [-0.3, -0.25) is 0 Å². The summed E-state index contributed by atoms with van der Waals surface area (Å²) in [6.45, 7) is 1.80. The normalized spacial score (nSPS) is 12.8. The Bertz CT molecular complexity index is 97.0. The molecule has 0 heterocycles. The molecule has 1 atom stereocenters. The SMILES string of the molecule is CCOC(=O)C(F)CCl. The molecule has 0 rings (SSSR count). The van der Waals surface area contributed by atoms with Gasteiger partial charge in [0.25, 0.3) is 0 Å². The van der Waals surface area contributed by atoms with E-state index in [4.69, 9.17) is 11.6 Å². The molecule has 0 radical (unpaired) electrons. The minimum Gasteiger partial charge on any atom is -0.464 e. The topological polar surface area (TPSA) is 26.3 Å². The van der Waals surface area contributed by atoms with E-state index >= 15 is 0 Å². The van der Waals surface area contributed by atoms with Gasteiger partial charge in [-0.15, -0.1) is 11.6 Å². The van der Waals surface area contributed by atoms with Gasteiger partial charge < -0.3 is 4.74 Å². The average molecular weight is 155 g/mol. The van der Waals surface area contributed by atoms with Crippen LogP contribution in [-0.4, -0.2) is 24.6 Å². The van der Waals surface area contributed by atoms with Gasteiger partial charge >= 0.3 is 5.97 Å². The number of hydrogen-bond donors (Lipinski definition) is 0. The number of carbonyl (C=O) groups is 1. The summed E-state index contributed by atoms with van der Waals surface area (Å²) in [6.07, 6.45) is -1.67. The minimum absolute atomic E-state index is 0.191. The molecule has 54 valence electrons. The van der Waals surface area contributed by atoms with Crippen LogP contribution in [-0.2, 0) is 9.53 Å². The summed E-state index contributed by atoms with van der Waals surface area (Å²) < 4.78 is 16.4. The maximum absolute atomic E-state index is 12.1. The van der Waals surface area contributed by atoms with E-state index in [1.807, 2.05) is 0 Å². The predicted octanol–water partition coefficient (Wildman–Crippen LogP) is 1.13. The molecule has 0 fully saturated rings. The van der Waals surface area contributed by atoms with Crippen molar-refractivity contribution < 1.29 is 13.9 Å². The van der Waals surface area contributed by atoms with E-state index in [-0.39, 0.29) is 12.5 Å². The Balaban J connectivity index is 3.46. The number of carbonyl (C=O) groups excluding carboxylic acids is 1. The third kappa shape index (κ3) is 3.30. The molecule has 0 aromatic rings. The molecule has 0 aliphatic rings. The number of esters is 1. The van der Waals surface area contributed by atoms with Gasteiger partial charge in [-0.25, -0.2) is 9.18 Å². The molecule has 0 spiro atoms. The number of halogens is 2. The van der Waals surface area contributed by atoms with Crippen molar-refractivity contribution in [3.63, 3.8) is 0 Å². The standard InChI is InChI=1S/C5H8ClFO2/c1-2-9-5(8)4(7)3-6/h4H,2-3H2,1H3. The Kier molecular flexibility index (Phi) is 4.40. The van der Waals surface area contributed by atoms with Crippen molar-refractivity contribution in [2.75, 3.05) is 12.5 Å². The van der Waals surface area contributed by atoms with Crippen molar-refractivity contribution in [2.45, 2.75) is 13.1 Å².